The molecule has 4 rings (SSSR count). The number of aryl methyl sites for hydroxylation is 1. The number of aromatic carboxylic acids is 1. The van der Waals surface area contributed by atoms with Crippen LogP contribution < -0.4 is 4.74 Å². The molecule has 2 aromatic heterocycles. The molecule has 0 unspecified atom stereocenters. The van der Waals surface area contributed by atoms with E-state index in [0.29, 0.717) is 0 Å². The molecular formula is C18H15N3O3. The van der Waals surface area contributed by atoms with Crippen molar-refractivity contribution in [2.24, 2.45) is 7.05 Å². The molecule has 0 bridgehead atoms. The molecule has 0 aliphatic carbocycles. The lowest BCUT2D eigenvalue weighted by molar-refractivity contribution is 0.0697. The second-order valence-electron chi connectivity index (χ2n) is 5.61. The summed E-state index contributed by atoms with van der Waals surface area (Å²) in [4.78, 5) is 11.3. The van der Waals surface area contributed by atoms with E-state index in [1.54, 1.807) is 23.9 Å². The number of nitrogens with zero attached hydrogens (tertiary/aromatic N) is 3. The molecule has 0 aliphatic heterocycles. The van der Waals surface area contributed by atoms with Crippen LogP contribution in [-0.2, 0) is 7.05 Å². The second-order valence-corrected chi connectivity index (χ2v) is 5.61. The van der Waals surface area contributed by atoms with Gasteiger partial charge in [0.1, 0.15) is 5.75 Å². The maximum atomic E-state index is 11.3. The van der Waals surface area contributed by atoms with Gasteiger partial charge in [-0.25, -0.2) is 4.79 Å². The van der Waals surface area contributed by atoms with Gasteiger partial charge in [-0.2, -0.15) is 5.10 Å². The van der Waals surface area contributed by atoms with Gasteiger partial charge in [-0.05, 0) is 30.3 Å². The minimum atomic E-state index is -0.942. The molecule has 0 amide bonds. The highest BCUT2D eigenvalue weighted by Crippen LogP contribution is 2.32. The highest BCUT2D eigenvalue weighted by molar-refractivity contribution is 6.09. The fourth-order valence-corrected chi connectivity index (χ4v) is 3.04. The van der Waals surface area contributed by atoms with Gasteiger partial charge in [0.05, 0.1) is 23.9 Å². The van der Waals surface area contributed by atoms with E-state index in [2.05, 4.69) is 5.10 Å². The van der Waals surface area contributed by atoms with Crippen molar-refractivity contribution in [3.05, 3.63) is 54.2 Å². The Hall–Kier alpha value is -3.28. The molecule has 0 spiro atoms. The molecular weight excluding hydrogens is 306 g/mol. The predicted molar refractivity (Wildman–Crippen MR) is 91.1 cm³/mol. The minimum Gasteiger partial charge on any atom is -0.497 e. The van der Waals surface area contributed by atoms with Crippen molar-refractivity contribution in [3.63, 3.8) is 0 Å². The van der Waals surface area contributed by atoms with Crippen LogP contribution in [0.25, 0.3) is 27.6 Å². The van der Waals surface area contributed by atoms with Gasteiger partial charge >= 0.3 is 5.97 Å². The molecule has 0 saturated carbocycles. The van der Waals surface area contributed by atoms with Crippen molar-refractivity contribution < 1.29 is 14.6 Å². The molecule has 2 aromatic carbocycles. The van der Waals surface area contributed by atoms with Gasteiger partial charge in [0.2, 0.25) is 0 Å². The average Bonchev–Trinajstić information content (AvgIpc) is 3.09. The van der Waals surface area contributed by atoms with Gasteiger partial charge in [-0.15, -0.1) is 0 Å². The first kappa shape index (κ1) is 14.3. The molecule has 0 aliphatic rings. The normalized spacial score (nSPS) is 11.2. The van der Waals surface area contributed by atoms with Crippen LogP contribution in [-0.4, -0.2) is 32.5 Å². The summed E-state index contributed by atoms with van der Waals surface area (Å²) in [6, 6.07) is 12.8. The Morgan fingerprint density at radius 3 is 2.75 bits per heavy atom. The number of hydrogen-bond donors (Lipinski definition) is 1. The molecule has 2 heterocycles. The zero-order valence-corrected chi connectivity index (χ0v) is 13.2. The Balaban J connectivity index is 2.10. The summed E-state index contributed by atoms with van der Waals surface area (Å²) in [5, 5.41) is 15.6. The highest BCUT2D eigenvalue weighted by Gasteiger charge is 2.17. The fraction of sp³-hybridized carbons (Fsp3) is 0.111. The third kappa shape index (κ3) is 2.04. The van der Waals surface area contributed by atoms with Gasteiger partial charge in [-0.1, -0.05) is 6.07 Å². The number of carbonyl (C=O) groups is 1. The summed E-state index contributed by atoms with van der Waals surface area (Å²) in [5.41, 5.74) is 2.86. The number of hydrogen-bond acceptors (Lipinski definition) is 3. The first-order chi connectivity index (χ1) is 11.6. The number of fused-ring (bicyclic) bond motifs is 3. The summed E-state index contributed by atoms with van der Waals surface area (Å²) >= 11 is 0. The van der Waals surface area contributed by atoms with E-state index in [4.69, 9.17) is 4.74 Å². The highest BCUT2D eigenvalue weighted by atomic mass is 16.5. The zero-order valence-electron chi connectivity index (χ0n) is 13.2. The van der Waals surface area contributed by atoms with Gasteiger partial charge in [0.15, 0.2) is 5.65 Å². The van der Waals surface area contributed by atoms with E-state index in [9.17, 15) is 9.90 Å². The van der Waals surface area contributed by atoms with E-state index >= 15 is 0 Å². The van der Waals surface area contributed by atoms with Crippen molar-refractivity contribution in [2.75, 3.05) is 7.11 Å². The molecule has 0 radical (unpaired) electrons. The summed E-state index contributed by atoms with van der Waals surface area (Å²) in [6.45, 7) is 0. The monoisotopic (exact) mass is 321 g/mol. The van der Waals surface area contributed by atoms with E-state index in [-0.39, 0.29) is 5.56 Å². The van der Waals surface area contributed by atoms with Crippen LogP contribution in [0.5, 0.6) is 5.75 Å². The van der Waals surface area contributed by atoms with Crippen molar-refractivity contribution in [3.8, 4) is 11.4 Å². The van der Waals surface area contributed by atoms with Crippen molar-refractivity contribution in [2.45, 2.75) is 0 Å². The fourth-order valence-electron chi connectivity index (χ4n) is 3.04. The Labute approximate surface area is 137 Å². The Morgan fingerprint density at radius 2 is 2.00 bits per heavy atom. The molecule has 0 fully saturated rings. The lowest BCUT2D eigenvalue weighted by Gasteiger charge is -2.08. The topological polar surface area (TPSA) is 69.3 Å². The Morgan fingerprint density at radius 1 is 1.17 bits per heavy atom. The van der Waals surface area contributed by atoms with Crippen LogP contribution in [0.15, 0.2) is 48.7 Å². The maximum Gasteiger partial charge on any atom is 0.335 e. The summed E-state index contributed by atoms with van der Waals surface area (Å²) < 4.78 is 9.06. The van der Waals surface area contributed by atoms with Crippen LogP contribution in [0.2, 0.25) is 0 Å². The minimum absolute atomic E-state index is 0.260. The van der Waals surface area contributed by atoms with E-state index in [1.165, 1.54) is 0 Å². The van der Waals surface area contributed by atoms with Crippen LogP contribution in [0.4, 0.5) is 0 Å². The first-order valence-corrected chi connectivity index (χ1v) is 7.44. The van der Waals surface area contributed by atoms with Crippen molar-refractivity contribution >= 4 is 27.9 Å². The number of rotatable bonds is 3. The van der Waals surface area contributed by atoms with Gasteiger partial charge in [-0.3, -0.25) is 9.25 Å². The van der Waals surface area contributed by atoms with Gasteiger partial charge in [0, 0.05) is 30.1 Å². The number of benzene rings is 2. The molecule has 0 atom stereocenters. The van der Waals surface area contributed by atoms with Crippen molar-refractivity contribution in [1.29, 1.82) is 0 Å². The second kappa shape index (κ2) is 5.13. The SMILES string of the molecule is COc1cccc(-n2c3ccc(C(=O)O)cc3c3cn(C)nc32)c1. The third-order valence-electron chi connectivity index (χ3n) is 4.11. The quantitative estimate of drug-likeness (QED) is 0.629. The van der Waals surface area contributed by atoms with Gasteiger partial charge < -0.3 is 9.84 Å². The zero-order chi connectivity index (χ0) is 16.8. The van der Waals surface area contributed by atoms with Crippen LogP contribution in [0.1, 0.15) is 10.4 Å². The van der Waals surface area contributed by atoms with Crippen LogP contribution >= 0.6 is 0 Å². The number of methoxy groups -OCH3 is 1. The summed E-state index contributed by atoms with van der Waals surface area (Å²) in [5.74, 6) is -0.191. The Bertz CT molecular complexity index is 1090. The third-order valence-corrected chi connectivity index (χ3v) is 4.11. The lowest BCUT2D eigenvalue weighted by atomic mass is 10.1. The average molecular weight is 321 g/mol. The van der Waals surface area contributed by atoms with E-state index in [0.717, 1.165) is 33.4 Å². The molecule has 6 heteroatoms. The molecule has 120 valence electrons. The summed E-state index contributed by atoms with van der Waals surface area (Å²) in [6.07, 6.45) is 1.90. The van der Waals surface area contributed by atoms with Gasteiger partial charge in [0.25, 0.3) is 0 Å². The smallest absolute Gasteiger partial charge is 0.335 e. The van der Waals surface area contributed by atoms with E-state index in [1.807, 2.05) is 48.1 Å². The van der Waals surface area contributed by atoms with Crippen LogP contribution in [0, 0.1) is 0 Å². The van der Waals surface area contributed by atoms with Crippen molar-refractivity contribution in [1.82, 2.24) is 14.3 Å². The van der Waals surface area contributed by atoms with E-state index < -0.39 is 5.97 Å². The molecule has 1 N–H and O–H groups in total. The number of ether oxygens (including phenoxy) is 1. The Kier molecular flexibility index (Phi) is 3.06. The number of carboxylic acid groups (broad SMARTS) is 1. The number of carboxylic acids is 1. The molecule has 4 aromatic rings. The summed E-state index contributed by atoms with van der Waals surface area (Å²) in [7, 11) is 3.48. The molecule has 0 saturated heterocycles. The molecule has 24 heavy (non-hydrogen) atoms. The number of aromatic nitrogens is 3. The maximum absolute atomic E-state index is 11.3. The first-order valence-electron chi connectivity index (χ1n) is 7.44. The molecule has 6 nitrogen and oxygen atoms in total. The standard InChI is InChI=1S/C18H15N3O3/c1-20-10-15-14-8-11(18(22)23)6-7-16(14)21(17(15)19-20)12-4-3-5-13(9-12)24-2/h3-10H,1-2H3,(H,22,23). The lowest BCUT2D eigenvalue weighted by Crippen LogP contribution is -1.99. The van der Waals surface area contributed by atoms with Crippen LogP contribution in [0.3, 0.4) is 0 Å². The largest absolute Gasteiger partial charge is 0.497 e. The predicted octanol–water partition coefficient (Wildman–Crippen LogP) is 3.22.